The molecule has 2 amide bonds. The minimum absolute atomic E-state index is 0.0737. The van der Waals surface area contributed by atoms with Crippen molar-refractivity contribution in [1.82, 2.24) is 14.3 Å². The molecule has 1 aromatic carbocycles. The van der Waals surface area contributed by atoms with E-state index < -0.39 is 6.04 Å². The van der Waals surface area contributed by atoms with Gasteiger partial charge in [0.1, 0.15) is 11.7 Å². The SMILES string of the molecule is Cc1cccc(NC(=O)C2CSCN2C(=O)Cc2cn3cccc(C)c3n2)c1. The summed E-state index contributed by atoms with van der Waals surface area (Å²) < 4.78 is 1.93. The highest BCUT2D eigenvalue weighted by Gasteiger charge is 2.34. The number of carbonyl (C=O) groups is 2. The standard InChI is InChI=1S/C21H22N4O2S/c1-14-5-3-7-16(9-14)23-21(27)18-12-28-13-25(18)19(26)10-17-11-24-8-4-6-15(2)20(24)22-17/h3-9,11,18H,10,12-13H2,1-2H3,(H,23,27). The number of amides is 2. The number of aryl methyl sites for hydroxylation is 2. The van der Waals surface area contributed by atoms with E-state index in [2.05, 4.69) is 10.3 Å². The van der Waals surface area contributed by atoms with Gasteiger partial charge in [-0.3, -0.25) is 9.59 Å². The van der Waals surface area contributed by atoms with Gasteiger partial charge < -0.3 is 14.6 Å². The molecule has 1 aliphatic heterocycles. The Morgan fingerprint density at radius 2 is 2.11 bits per heavy atom. The fraction of sp³-hybridized carbons (Fsp3) is 0.286. The van der Waals surface area contributed by atoms with E-state index in [-0.39, 0.29) is 18.2 Å². The summed E-state index contributed by atoms with van der Waals surface area (Å²) in [6.45, 7) is 3.98. The first-order chi connectivity index (χ1) is 13.5. The molecule has 6 nitrogen and oxygen atoms in total. The Labute approximate surface area is 167 Å². The van der Waals surface area contributed by atoms with Crippen molar-refractivity contribution in [2.75, 3.05) is 16.9 Å². The zero-order valence-corrected chi connectivity index (χ0v) is 16.7. The normalized spacial score (nSPS) is 16.5. The van der Waals surface area contributed by atoms with Gasteiger partial charge >= 0.3 is 0 Å². The minimum atomic E-state index is -0.461. The third-order valence-corrected chi connectivity index (χ3v) is 5.86. The molecule has 4 rings (SSSR count). The zero-order valence-electron chi connectivity index (χ0n) is 15.9. The van der Waals surface area contributed by atoms with E-state index in [1.165, 1.54) is 0 Å². The second kappa shape index (κ2) is 7.67. The number of benzene rings is 1. The molecule has 3 aromatic rings. The van der Waals surface area contributed by atoms with Gasteiger partial charge in [0.25, 0.3) is 0 Å². The van der Waals surface area contributed by atoms with Crippen molar-refractivity contribution in [3.63, 3.8) is 0 Å². The summed E-state index contributed by atoms with van der Waals surface area (Å²) in [5.41, 5.74) is 4.47. The summed E-state index contributed by atoms with van der Waals surface area (Å²) >= 11 is 1.60. The first-order valence-corrected chi connectivity index (χ1v) is 10.3. The van der Waals surface area contributed by atoms with Gasteiger partial charge in [0.15, 0.2) is 0 Å². The number of carbonyl (C=O) groups excluding carboxylic acids is 2. The minimum Gasteiger partial charge on any atom is -0.324 e. The smallest absolute Gasteiger partial charge is 0.248 e. The third-order valence-electron chi connectivity index (χ3n) is 4.85. The Kier molecular flexibility index (Phi) is 5.09. The number of nitrogens with one attached hydrogen (secondary N) is 1. The van der Waals surface area contributed by atoms with Gasteiger partial charge in [0.2, 0.25) is 11.8 Å². The number of hydrogen-bond acceptors (Lipinski definition) is 4. The number of imidazole rings is 1. The van der Waals surface area contributed by atoms with Gasteiger partial charge in [0, 0.05) is 23.8 Å². The van der Waals surface area contributed by atoms with Gasteiger partial charge in [-0.25, -0.2) is 4.98 Å². The first-order valence-electron chi connectivity index (χ1n) is 9.19. The molecule has 144 valence electrons. The molecular formula is C21H22N4O2S. The Morgan fingerprint density at radius 1 is 1.25 bits per heavy atom. The third kappa shape index (κ3) is 3.75. The van der Waals surface area contributed by atoms with E-state index in [4.69, 9.17) is 0 Å². The molecule has 0 aliphatic carbocycles. The quantitative estimate of drug-likeness (QED) is 0.739. The average molecular weight is 395 g/mol. The van der Waals surface area contributed by atoms with Crippen molar-refractivity contribution in [3.05, 3.63) is 65.6 Å². The molecule has 0 spiro atoms. The van der Waals surface area contributed by atoms with Crippen molar-refractivity contribution in [2.45, 2.75) is 26.3 Å². The maximum Gasteiger partial charge on any atom is 0.248 e. The van der Waals surface area contributed by atoms with E-state index >= 15 is 0 Å². The number of thioether (sulfide) groups is 1. The summed E-state index contributed by atoms with van der Waals surface area (Å²) in [4.78, 5) is 31.9. The van der Waals surface area contributed by atoms with Crippen LogP contribution < -0.4 is 5.32 Å². The predicted octanol–water partition coefficient (Wildman–Crippen LogP) is 3.03. The van der Waals surface area contributed by atoms with Crippen molar-refractivity contribution in [3.8, 4) is 0 Å². The molecule has 1 fully saturated rings. The van der Waals surface area contributed by atoms with Crippen LogP contribution in [0.2, 0.25) is 0 Å². The lowest BCUT2D eigenvalue weighted by Crippen LogP contribution is -2.45. The molecule has 0 radical (unpaired) electrons. The number of anilines is 1. The highest BCUT2D eigenvalue weighted by Crippen LogP contribution is 2.24. The molecule has 3 heterocycles. The number of fused-ring (bicyclic) bond motifs is 1. The second-order valence-corrected chi connectivity index (χ2v) is 8.07. The molecule has 1 unspecified atom stereocenters. The number of aromatic nitrogens is 2. The van der Waals surface area contributed by atoms with Gasteiger partial charge in [-0.2, -0.15) is 0 Å². The number of hydrogen-bond donors (Lipinski definition) is 1. The number of pyridine rings is 1. The molecule has 1 saturated heterocycles. The van der Waals surface area contributed by atoms with E-state index in [1.807, 2.05) is 67.0 Å². The van der Waals surface area contributed by atoms with Crippen LogP contribution in [0.5, 0.6) is 0 Å². The van der Waals surface area contributed by atoms with Crippen LogP contribution in [-0.2, 0) is 16.0 Å². The lowest BCUT2D eigenvalue weighted by atomic mass is 10.2. The summed E-state index contributed by atoms with van der Waals surface area (Å²) in [6, 6.07) is 11.2. The van der Waals surface area contributed by atoms with E-state index in [0.717, 1.165) is 22.5 Å². The van der Waals surface area contributed by atoms with Gasteiger partial charge in [-0.15, -0.1) is 11.8 Å². The van der Waals surface area contributed by atoms with Crippen molar-refractivity contribution >= 4 is 34.9 Å². The van der Waals surface area contributed by atoms with Crippen molar-refractivity contribution in [2.24, 2.45) is 0 Å². The molecule has 0 saturated carbocycles. The Hall–Kier alpha value is -2.80. The van der Waals surface area contributed by atoms with Gasteiger partial charge in [-0.05, 0) is 43.2 Å². The van der Waals surface area contributed by atoms with Crippen LogP contribution in [0.15, 0.2) is 48.8 Å². The van der Waals surface area contributed by atoms with Crippen LogP contribution in [0, 0.1) is 13.8 Å². The second-order valence-electron chi connectivity index (χ2n) is 7.07. The van der Waals surface area contributed by atoms with Crippen LogP contribution in [0.3, 0.4) is 0 Å². The number of nitrogens with zero attached hydrogens (tertiary/aromatic N) is 3. The lowest BCUT2D eigenvalue weighted by Gasteiger charge is -2.23. The highest BCUT2D eigenvalue weighted by molar-refractivity contribution is 7.99. The average Bonchev–Trinajstić information content (AvgIpc) is 3.29. The summed E-state index contributed by atoms with van der Waals surface area (Å²) in [5, 5.41) is 2.94. The van der Waals surface area contributed by atoms with Crippen molar-refractivity contribution in [1.29, 1.82) is 0 Å². The molecule has 1 aliphatic rings. The topological polar surface area (TPSA) is 66.7 Å². The lowest BCUT2D eigenvalue weighted by molar-refractivity contribution is -0.135. The molecule has 1 atom stereocenters. The summed E-state index contributed by atoms with van der Waals surface area (Å²) in [7, 11) is 0. The van der Waals surface area contributed by atoms with Gasteiger partial charge in [-0.1, -0.05) is 18.2 Å². The largest absolute Gasteiger partial charge is 0.324 e. The molecule has 0 bridgehead atoms. The number of rotatable bonds is 4. The molecule has 7 heteroatoms. The Morgan fingerprint density at radius 3 is 2.89 bits per heavy atom. The fourth-order valence-electron chi connectivity index (χ4n) is 3.40. The van der Waals surface area contributed by atoms with Crippen LogP contribution in [-0.4, -0.2) is 43.8 Å². The van der Waals surface area contributed by atoms with Crippen LogP contribution in [0.4, 0.5) is 5.69 Å². The first kappa shape index (κ1) is 18.6. The fourth-order valence-corrected chi connectivity index (χ4v) is 4.58. The Balaban J connectivity index is 1.46. The molecule has 2 aromatic heterocycles. The zero-order chi connectivity index (χ0) is 19.7. The van der Waals surface area contributed by atoms with Crippen LogP contribution >= 0.6 is 11.8 Å². The van der Waals surface area contributed by atoms with E-state index in [1.54, 1.807) is 16.7 Å². The van der Waals surface area contributed by atoms with Crippen LogP contribution in [0.1, 0.15) is 16.8 Å². The maximum absolute atomic E-state index is 12.9. The molecule has 28 heavy (non-hydrogen) atoms. The highest BCUT2D eigenvalue weighted by atomic mass is 32.2. The van der Waals surface area contributed by atoms with E-state index in [9.17, 15) is 9.59 Å². The van der Waals surface area contributed by atoms with Gasteiger partial charge in [0.05, 0.1) is 18.0 Å². The van der Waals surface area contributed by atoms with E-state index in [0.29, 0.717) is 17.3 Å². The summed E-state index contributed by atoms with van der Waals surface area (Å²) in [5.74, 6) is 0.912. The molecular weight excluding hydrogens is 372 g/mol. The predicted molar refractivity (Wildman–Crippen MR) is 111 cm³/mol. The summed E-state index contributed by atoms with van der Waals surface area (Å²) in [6.07, 6.45) is 3.99. The monoisotopic (exact) mass is 394 g/mol. The Bertz CT molecular complexity index is 1050. The van der Waals surface area contributed by atoms with Crippen LogP contribution in [0.25, 0.3) is 5.65 Å². The molecule has 1 N–H and O–H groups in total. The maximum atomic E-state index is 12.9. The van der Waals surface area contributed by atoms with Crippen molar-refractivity contribution < 1.29 is 9.59 Å².